The average Bonchev–Trinajstić information content (AvgIpc) is 3.24. The minimum atomic E-state index is 0.0453. The maximum Gasteiger partial charge on any atom is 0.225 e. The van der Waals surface area contributed by atoms with Gasteiger partial charge in [-0.15, -0.1) is 0 Å². The molecule has 5 heteroatoms. The molecule has 3 aromatic rings. The summed E-state index contributed by atoms with van der Waals surface area (Å²) < 4.78 is 2.00. The van der Waals surface area contributed by atoms with Crippen molar-refractivity contribution in [2.75, 3.05) is 5.32 Å². The predicted molar refractivity (Wildman–Crippen MR) is 94.1 cm³/mol. The van der Waals surface area contributed by atoms with Gasteiger partial charge in [0.05, 0.1) is 5.52 Å². The molecule has 24 heavy (non-hydrogen) atoms. The van der Waals surface area contributed by atoms with Crippen LogP contribution in [-0.2, 0) is 4.79 Å². The van der Waals surface area contributed by atoms with E-state index in [0.29, 0.717) is 18.2 Å². The first kappa shape index (κ1) is 14.9. The third-order valence-electron chi connectivity index (χ3n) is 4.72. The zero-order valence-electron chi connectivity index (χ0n) is 13.5. The van der Waals surface area contributed by atoms with E-state index >= 15 is 0 Å². The van der Waals surface area contributed by atoms with Gasteiger partial charge in [-0.05, 0) is 36.3 Å². The van der Waals surface area contributed by atoms with Crippen LogP contribution in [0.3, 0.4) is 0 Å². The first-order valence-electron chi connectivity index (χ1n) is 8.48. The highest BCUT2D eigenvalue weighted by Gasteiger charge is 2.18. The number of carbonyl (C=O) groups is 1. The molecular weight excluding hydrogens is 300 g/mol. The van der Waals surface area contributed by atoms with Crippen molar-refractivity contribution in [3.8, 4) is 5.82 Å². The van der Waals surface area contributed by atoms with E-state index in [2.05, 4.69) is 33.5 Å². The molecule has 1 amide bonds. The summed E-state index contributed by atoms with van der Waals surface area (Å²) in [5, 5.41) is 4.07. The molecule has 2 aromatic heterocycles. The second-order valence-corrected chi connectivity index (χ2v) is 6.41. The summed E-state index contributed by atoms with van der Waals surface area (Å²) in [5.41, 5.74) is 1.08. The van der Waals surface area contributed by atoms with Crippen molar-refractivity contribution in [3.05, 3.63) is 48.9 Å². The Bertz CT molecular complexity index is 864. The Morgan fingerprint density at radius 2 is 2.00 bits per heavy atom. The Balaban J connectivity index is 1.54. The third-order valence-corrected chi connectivity index (χ3v) is 4.72. The zero-order valence-corrected chi connectivity index (χ0v) is 13.5. The minimum absolute atomic E-state index is 0.0453. The van der Waals surface area contributed by atoms with Crippen LogP contribution in [0, 0.1) is 5.92 Å². The van der Waals surface area contributed by atoms with Gasteiger partial charge in [0.25, 0.3) is 0 Å². The van der Waals surface area contributed by atoms with Crippen molar-refractivity contribution in [1.29, 1.82) is 0 Å². The fraction of sp³-hybridized carbons (Fsp3) is 0.316. The number of rotatable bonds is 4. The fourth-order valence-electron chi connectivity index (χ4n) is 3.50. The molecule has 1 N–H and O–H groups in total. The van der Waals surface area contributed by atoms with Gasteiger partial charge in [0.1, 0.15) is 18.0 Å². The molecule has 0 saturated heterocycles. The molecule has 1 fully saturated rings. The van der Waals surface area contributed by atoms with E-state index in [0.717, 1.165) is 29.6 Å². The van der Waals surface area contributed by atoms with Gasteiger partial charge in [0, 0.05) is 18.7 Å². The summed E-state index contributed by atoms with van der Waals surface area (Å²) in [6.45, 7) is 0. The first-order valence-corrected chi connectivity index (χ1v) is 8.48. The molecular formula is C19H20N4O. The Hall–Kier alpha value is -2.69. The number of hydrogen-bond donors (Lipinski definition) is 1. The van der Waals surface area contributed by atoms with Crippen LogP contribution in [0.2, 0.25) is 0 Å². The maximum absolute atomic E-state index is 12.2. The summed E-state index contributed by atoms with van der Waals surface area (Å²) in [4.78, 5) is 20.7. The van der Waals surface area contributed by atoms with E-state index in [-0.39, 0.29) is 5.91 Å². The molecule has 1 aliphatic rings. The van der Waals surface area contributed by atoms with Gasteiger partial charge in [0.2, 0.25) is 5.91 Å². The van der Waals surface area contributed by atoms with Crippen molar-refractivity contribution in [2.24, 2.45) is 5.92 Å². The summed E-state index contributed by atoms with van der Waals surface area (Å²) in [6, 6.07) is 12.0. The highest BCUT2D eigenvalue weighted by molar-refractivity contribution is 5.90. The molecule has 1 aromatic carbocycles. The van der Waals surface area contributed by atoms with E-state index in [1.54, 1.807) is 0 Å². The third kappa shape index (κ3) is 3.02. The number of benzene rings is 1. The molecule has 0 bridgehead atoms. The Morgan fingerprint density at radius 3 is 2.88 bits per heavy atom. The van der Waals surface area contributed by atoms with E-state index < -0.39 is 0 Å². The number of nitrogens with one attached hydrogen (secondary N) is 1. The van der Waals surface area contributed by atoms with Gasteiger partial charge in [0.15, 0.2) is 0 Å². The number of aromatic nitrogens is 3. The van der Waals surface area contributed by atoms with Crippen molar-refractivity contribution < 1.29 is 4.79 Å². The normalized spacial score (nSPS) is 15.0. The molecule has 0 radical (unpaired) electrons. The average molecular weight is 320 g/mol. The lowest BCUT2D eigenvalue weighted by atomic mass is 10.0. The van der Waals surface area contributed by atoms with Crippen molar-refractivity contribution in [3.63, 3.8) is 0 Å². The van der Waals surface area contributed by atoms with Gasteiger partial charge in [-0.1, -0.05) is 31.0 Å². The van der Waals surface area contributed by atoms with Crippen LogP contribution in [0.5, 0.6) is 0 Å². The molecule has 0 spiro atoms. The van der Waals surface area contributed by atoms with Crippen LogP contribution < -0.4 is 5.32 Å². The van der Waals surface area contributed by atoms with E-state index in [9.17, 15) is 4.79 Å². The van der Waals surface area contributed by atoms with Crippen LogP contribution in [0.1, 0.15) is 32.1 Å². The molecule has 0 atom stereocenters. The smallest absolute Gasteiger partial charge is 0.225 e. The lowest BCUT2D eigenvalue weighted by Gasteiger charge is -2.10. The van der Waals surface area contributed by atoms with Crippen molar-refractivity contribution >= 4 is 22.6 Å². The number of fused-ring (bicyclic) bond motifs is 1. The minimum Gasteiger partial charge on any atom is -0.311 e. The van der Waals surface area contributed by atoms with Gasteiger partial charge >= 0.3 is 0 Å². The Labute approximate surface area is 140 Å². The van der Waals surface area contributed by atoms with Gasteiger partial charge in [-0.25, -0.2) is 9.97 Å². The predicted octanol–water partition coefficient (Wildman–Crippen LogP) is 3.94. The number of anilines is 1. The fourth-order valence-corrected chi connectivity index (χ4v) is 3.50. The van der Waals surface area contributed by atoms with Crippen LogP contribution in [0.15, 0.2) is 48.9 Å². The topological polar surface area (TPSA) is 59.8 Å². The summed E-state index contributed by atoms with van der Waals surface area (Å²) >= 11 is 0. The summed E-state index contributed by atoms with van der Waals surface area (Å²) in [5.74, 6) is 1.88. The standard InChI is InChI=1S/C19H20N4O/c24-19(11-14-5-1-2-6-14)22-17-12-18(21-13-20-17)23-10-9-15-7-3-4-8-16(15)23/h3-4,7-10,12-14H,1-2,5-6,11H2,(H,20,21,22,24). The van der Waals surface area contributed by atoms with Crippen LogP contribution >= 0.6 is 0 Å². The molecule has 2 heterocycles. The highest BCUT2D eigenvalue weighted by atomic mass is 16.1. The zero-order chi connectivity index (χ0) is 16.4. The largest absolute Gasteiger partial charge is 0.311 e. The lowest BCUT2D eigenvalue weighted by Crippen LogP contribution is -2.16. The van der Waals surface area contributed by atoms with Crippen molar-refractivity contribution in [2.45, 2.75) is 32.1 Å². The molecule has 0 aliphatic heterocycles. The Morgan fingerprint density at radius 1 is 1.17 bits per heavy atom. The van der Waals surface area contributed by atoms with E-state index in [4.69, 9.17) is 0 Å². The number of nitrogens with zero attached hydrogens (tertiary/aromatic N) is 3. The summed E-state index contributed by atoms with van der Waals surface area (Å²) in [7, 11) is 0. The number of amides is 1. The second-order valence-electron chi connectivity index (χ2n) is 6.41. The lowest BCUT2D eigenvalue weighted by molar-refractivity contribution is -0.117. The van der Waals surface area contributed by atoms with E-state index in [1.807, 2.05) is 29.0 Å². The first-order chi connectivity index (χ1) is 11.8. The molecule has 122 valence electrons. The van der Waals surface area contributed by atoms with Gasteiger partial charge in [-0.2, -0.15) is 0 Å². The van der Waals surface area contributed by atoms with Gasteiger partial charge < -0.3 is 9.88 Å². The molecule has 0 unspecified atom stereocenters. The van der Waals surface area contributed by atoms with Crippen LogP contribution in [0.25, 0.3) is 16.7 Å². The summed E-state index contributed by atoms with van der Waals surface area (Å²) in [6.07, 6.45) is 8.89. The maximum atomic E-state index is 12.2. The molecule has 4 rings (SSSR count). The monoisotopic (exact) mass is 320 g/mol. The molecule has 5 nitrogen and oxygen atoms in total. The molecule has 1 aliphatic carbocycles. The Kier molecular flexibility index (Phi) is 3.99. The second kappa shape index (κ2) is 6.43. The quantitative estimate of drug-likeness (QED) is 0.792. The number of carbonyl (C=O) groups excluding carboxylic acids is 1. The van der Waals surface area contributed by atoms with Crippen LogP contribution in [-0.4, -0.2) is 20.4 Å². The molecule has 1 saturated carbocycles. The number of hydrogen-bond acceptors (Lipinski definition) is 3. The van der Waals surface area contributed by atoms with Gasteiger partial charge in [-0.3, -0.25) is 4.79 Å². The van der Waals surface area contributed by atoms with Crippen LogP contribution in [0.4, 0.5) is 5.82 Å². The number of para-hydroxylation sites is 1. The highest BCUT2D eigenvalue weighted by Crippen LogP contribution is 2.27. The van der Waals surface area contributed by atoms with E-state index in [1.165, 1.54) is 19.2 Å². The van der Waals surface area contributed by atoms with Crippen molar-refractivity contribution in [1.82, 2.24) is 14.5 Å². The SMILES string of the molecule is O=C(CC1CCCC1)Nc1cc(-n2ccc3ccccc32)ncn1.